The van der Waals surface area contributed by atoms with Gasteiger partial charge in [-0.15, -0.1) is 11.3 Å². The third-order valence-corrected chi connectivity index (χ3v) is 4.21. The van der Waals surface area contributed by atoms with Gasteiger partial charge in [0.15, 0.2) is 0 Å². The van der Waals surface area contributed by atoms with Crippen molar-refractivity contribution in [1.82, 2.24) is 0 Å². The Balaban J connectivity index is 2.16. The van der Waals surface area contributed by atoms with Crippen molar-refractivity contribution in [3.63, 3.8) is 0 Å². The van der Waals surface area contributed by atoms with E-state index in [4.69, 9.17) is 4.74 Å². The van der Waals surface area contributed by atoms with Gasteiger partial charge in [0.2, 0.25) is 5.91 Å². The van der Waals surface area contributed by atoms with Crippen LogP contribution in [0, 0.1) is 13.8 Å². The molecule has 0 atom stereocenters. The van der Waals surface area contributed by atoms with Crippen LogP contribution in [0.2, 0.25) is 0 Å². The minimum atomic E-state index is -0.413. The number of benzene rings is 1. The van der Waals surface area contributed by atoms with E-state index in [1.54, 1.807) is 0 Å². The molecule has 0 unspecified atom stereocenters. The van der Waals surface area contributed by atoms with E-state index < -0.39 is 5.97 Å². The number of amides is 1. The number of carbonyl (C=O) groups excluding carboxylic acids is 2. The van der Waals surface area contributed by atoms with Crippen molar-refractivity contribution >= 4 is 28.2 Å². The predicted molar refractivity (Wildman–Crippen MR) is 83.7 cm³/mol. The average Bonchev–Trinajstić information content (AvgIpc) is 2.71. The summed E-state index contributed by atoms with van der Waals surface area (Å²) in [5.41, 5.74) is 2.22. The van der Waals surface area contributed by atoms with E-state index in [1.165, 1.54) is 18.3 Å². The fourth-order valence-electron chi connectivity index (χ4n) is 1.92. The molecule has 0 saturated carbocycles. The number of aryl methyl sites for hydroxylation is 1. The molecule has 1 amide bonds. The van der Waals surface area contributed by atoms with Crippen LogP contribution >= 0.6 is 11.3 Å². The number of hydrogen-bond donors (Lipinski definition) is 1. The molecule has 1 aromatic heterocycles. The molecular formula is C16H17NO3S. The van der Waals surface area contributed by atoms with Crippen LogP contribution in [-0.2, 0) is 16.1 Å². The summed E-state index contributed by atoms with van der Waals surface area (Å²) in [4.78, 5) is 24.5. The lowest BCUT2D eigenvalue weighted by atomic mass is 10.1. The molecule has 1 aromatic carbocycles. The molecular weight excluding hydrogens is 286 g/mol. The van der Waals surface area contributed by atoms with Gasteiger partial charge in [-0.05, 0) is 25.0 Å². The Kier molecular flexibility index (Phi) is 4.75. The number of esters is 1. The Morgan fingerprint density at radius 2 is 1.86 bits per heavy atom. The smallest absolute Gasteiger partial charge is 0.341 e. The quantitative estimate of drug-likeness (QED) is 0.877. The van der Waals surface area contributed by atoms with Gasteiger partial charge < -0.3 is 10.1 Å². The molecule has 0 fully saturated rings. The van der Waals surface area contributed by atoms with E-state index in [-0.39, 0.29) is 12.5 Å². The van der Waals surface area contributed by atoms with Crippen LogP contribution in [0.25, 0.3) is 0 Å². The molecule has 0 spiro atoms. The molecule has 0 aliphatic rings. The second-order valence-electron chi connectivity index (χ2n) is 4.73. The molecule has 2 rings (SSSR count). The third-order valence-electron chi connectivity index (χ3n) is 3.09. The molecule has 0 radical (unpaired) electrons. The van der Waals surface area contributed by atoms with Crippen molar-refractivity contribution < 1.29 is 14.3 Å². The summed E-state index contributed by atoms with van der Waals surface area (Å²) in [7, 11) is 0. The Morgan fingerprint density at radius 3 is 2.48 bits per heavy atom. The highest BCUT2D eigenvalue weighted by molar-refractivity contribution is 7.16. The Hall–Kier alpha value is -2.14. The molecule has 2 aromatic rings. The molecule has 0 bridgehead atoms. The summed E-state index contributed by atoms with van der Waals surface area (Å²) in [5.74, 6) is -0.613. The number of nitrogens with one attached hydrogen (secondary N) is 1. The number of thiophene rings is 1. The second-order valence-corrected chi connectivity index (χ2v) is 5.96. The normalized spacial score (nSPS) is 10.2. The lowest BCUT2D eigenvalue weighted by Gasteiger charge is -2.07. The van der Waals surface area contributed by atoms with Gasteiger partial charge in [0.05, 0.1) is 5.56 Å². The van der Waals surface area contributed by atoms with Crippen LogP contribution in [0.15, 0.2) is 30.3 Å². The highest BCUT2D eigenvalue weighted by Gasteiger charge is 2.21. The van der Waals surface area contributed by atoms with Crippen molar-refractivity contribution in [2.75, 3.05) is 5.32 Å². The van der Waals surface area contributed by atoms with Gasteiger partial charge in [-0.25, -0.2) is 4.79 Å². The van der Waals surface area contributed by atoms with Gasteiger partial charge in [-0.2, -0.15) is 0 Å². The fraction of sp³-hybridized carbons (Fsp3) is 0.250. The Labute approximate surface area is 127 Å². The zero-order valence-corrected chi connectivity index (χ0v) is 13.0. The van der Waals surface area contributed by atoms with Gasteiger partial charge in [-0.1, -0.05) is 30.3 Å². The maximum Gasteiger partial charge on any atom is 0.341 e. The van der Waals surface area contributed by atoms with Crippen molar-refractivity contribution in [2.45, 2.75) is 27.4 Å². The first-order chi connectivity index (χ1) is 9.99. The van der Waals surface area contributed by atoms with E-state index in [0.29, 0.717) is 10.6 Å². The Bertz CT molecular complexity index is 662. The van der Waals surface area contributed by atoms with Gasteiger partial charge in [0.25, 0.3) is 0 Å². The van der Waals surface area contributed by atoms with E-state index >= 15 is 0 Å². The summed E-state index contributed by atoms with van der Waals surface area (Å²) in [6.45, 7) is 5.41. The topological polar surface area (TPSA) is 55.4 Å². The van der Waals surface area contributed by atoms with E-state index in [9.17, 15) is 9.59 Å². The van der Waals surface area contributed by atoms with Crippen LogP contribution in [0.4, 0.5) is 5.00 Å². The summed E-state index contributed by atoms with van der Waals surface area (Å²) in [6.07, 6.45) is 0. The van der Waals surface area contributed by atoms with E-state index in [0.717, 1.165) is 16.0 Å². The van der Waals surface area contributed by atoms with Crippen molar-refractivity contribution in [3.05, 3.63) is 51.9 Å². The lowest BCUT2D eigenvalue weighted by molar-refractivity contribution is -0.114. The summed E-state index contributed by atoms with van der Waals surface area (Å²) >= 11 is 1.39. The largest absolute Gasteiger partial charge is 0.457 e. The molecule has 4 nitrogen and oxygen atoms in total. The van der Waals surface area contributed by atoms with Gasteiger partial charge in [0.1, 0.15) is 11.6 Å². The first kappa shape index (κ1) is 15.3. The Morgan fingerprint density at radius 1 is 1.19 bits per heavy atom. The molecule has 1 N–H and O–H groups in total. The zero-order chi connectivity index (χ0) is 15.4. The molecule has 21 heavy (non-hydrogen) atoms. The van der Waals surface area contributed by atoms with Crippen LogP contribution < -0.4 is 5.32 Å². The van der Waals surface area contributed by atoms with Gasteiger partial charge in [0, 0.05) is 11.8 Å². The number of anilines is 1. The highest BCUT2D eigenvalue weighted by atomic mass is 32.1. The third kappa shape index (κ3) is 3.70. The second kappa shape index (κ2) is 6.54. The average molecular weight is 303 g/mol. The maximum absolute atomic E-state index is 12.3. The molecule has 1 heterocycles. The maximum atomic E-state index is 12.3. The van der Waals surface area contributed by atoms with Crippen molar-refractivity contribution in [2.24, 2.45) is 0 Å². The SMILES string of the molecule is CC(=O)Nc1sc(C)c(C)c1C(=O)OCc1ccccc1. The molecule has 5 heteroatoms. The number of carbonyl (C=O) groups is 2. The first-order valence-electron chi connectivity index (χ1n) is 6.57. The molecule has 0 saturated heterocycles. The minimum Gasteiger partial charge on any atom is -0.457 e. The molecule has 110 valence electrons. The fourth-order valence-corrected chi connectivity index (χ4v) is 3.01. The number of rotatable bonds is 4. The molecule has 0 aliphatic heterocycles. The first-order valence-corrected chi connectivity index (χ1v) is 7.39. The number of ether oxygens (including phenoxy) is 1. The minimum absolute atomic E-state index is 0.201. The predicted octanol–water partition coefficient (Wildman–Crippen LogP) is 3.68. The van der Waals surface area contributed by atoms with Crippen molar-refractivity contribution in [3.8, 4) is 0 Å². The summed E-state index contributed by atoms with van der Waals surface area (Å²) < 4.78 is 5.35. The van der Waals surface area contributed by atoms with Crippen LogP contribution in [0.3, 0.4) is 0 Å². The van der Waals surface area contributed by atoms with E-state index in [2.05, 4.69) is 5.32 Å². The number of hydrogen-bond acceptors (Lipinski definition) is 4. The molecule has 0 aliphatic carbocycles. The van der Waals surface area contributed by atoms with Crippen LogP contribution in [-0.4, -0.2) is 11.9 Å². The van der Waals surface area contributed by atoms with Gasteiger partial charge in [-0.3, -0.25) is 4.79 Å². The van der Waals surface area contributed by atoms with Crippen molar-refractivity contribution in [1.29, 1.82) is 0 Å². The monoisotopic (exact) mass is 303 g/mol. The van der Waals surface area contributed by atoms with Crippen LogP contribution in [0.1, 0.15) is 33.3 Å². The highest BCUT2D eigenvalue weighted by Crippen LogP contribution is 2.33. The van der Waals surface area contributed by atoms with E-state index in [1.807, 2.05) is 44.2 Å². The summed E-state index contributed by atoms with van der Waals surface area (Å²) in [6, 6.07) is 9.49. The standard InChI is InChI=1S/C16H17NO3S/c1-10-11(2)21-15(17-12(3)18)14(10)16(19)20-9-13-7-5-4-6-8-13/h4-8H,9H2,1-3H3,(H,17,18). The lowest BCUT2D eigenvalue weighted by Crippen LogP contribution is -2.11. The summed E-state index contributed by atoms with van der Waals surface area (Å²) in [5, 5.41) is 3.24. The van der Waals surface area contributed by atoms with Gasteiger partial charge >= 0.3 is 5.97 Å². The zero-order valence-electron chi connectivity index (χ0n) is 12.2. The van der Waals surface area contributed by atoms with Crippen LogP contribution in [0.5, 0.6) is 0 Å².